The number of benzene rings is 1. The second-order valence-corrected chi connectivity index (χ2v) is 5.52. The average molecular weight is 306 g/mol. The van der Waals surface area contributed by atoms with Crippen molar-refractivity contribution in [1.29, 1.82) is 0 Å². The van der Waals surface area contributed by atoms with Crippen LogP contribution in [0.25, 0.3) is 0 Å². The summed E-state index contributed by atoms with van der Waals surface area (Å²) in [6.07, 6.45) is 3.14. The van der Waals surface area contributed by atoms with Gasteiger partial charge in [-0.05, 0) is 32.2 Å². The Kier molecular flexibility index (Phi) is 3.77. The number of halogens is 5. The highest BCUT2D eigenvalue weighted by molar-refractivity contribution is 5.52. The predicted molar refractivity (Wildman–Crippen MR) is 67.6 cm³/mol. The van der Waals surface area contributed by atoms with Gasteiger partial charge in [0.2, 0.25) is 5.82 Å². The minimum atomic E-state index is -2.11. The molecule has 3 rings (SSSR count). The van der Waals surface area contributed by atoms with E-state index in [4.69, 9.17) is 0 Å². The Balaban J connectivity index is 2.03. The number of anilines is 1. The van der Waals surface area contributed by atoms with Gasteiger partial charge >= 0.3 is 0 Å². The minimum Gasteiger partial charge on any atom is -0.362 e. The van der Waals surface area contributed by atoms with E-state index in [1.807, 2.05) is 0 Å². The van der Waals surface area contributed by atoms with Crippen molar-refractivity contribution in [1.82, 2.24) is 5.32 Å². The molecule has 2 aliphatic rings. The first-order valence-corrected chi connectivity index (χ1v) is 7.04. The molecule has 21 heavy (non-hydrogen) atoms. The van der Waals surface area contributed by atoms with Gasteiger partial charge in [-0.3, -0.25) is 0 Å². The number of hydrogen-bond donors (Lipinski definition) is 1. The topological polar surface area (TPSA) is 15.3 Å². The average Bonchev–Trinajstić information content (AvgIpc) is 3.13. The molecule has 0 saturated carbocycles. The fourth-order valence-corrected chi connectivity index (χ4v) is 3.37. The molecule has 2 saturated heterocycles. The van der Waals surface area contributed by atoms with E-state index in [0.717, 1.165) is 19.4 Å². The first-order valence-electron chi connectivity index (χ1n) is 7.04. The molecule has 0 aliphatic carbocycles. The molecule has 2 heterocycles. The van der Waals surface area contributed by atoms with Crippen molar-refractivity contribution in [2.75, 3.05) is 18.0 Å². The molecule has 1 N–H and O–H groups in total. The van der Waals surface area contributed by atoms with Gasteiger partial charge in [-0.2, -0.15) is 0 Å². The molecule has 2 nitrogen and oxygen atoms in total. The van der Waals surface area contributed by atoms with Crippen molar-refractivity contribution in [2.45, 2.75) is 37.8 Å². The molecule has 0 aromatic heterocycles. The van der Waals surface area contributed by atoms with Crippen LogP contribution in [0.15, 0.2) is 0 Å². The van der Waals surface area contributed by atoms with E-state index >= 15 is 0 Å². The van der Waals surface area contributed by atoms with Gasteiger partial charge in [0.25, 0.3) is 0 Å². The maximum Gasteiger partial charge on any atom is 0.200 e. The van der Waals surface area contributed by atoms with Crippen LogP contribution in [0.2, 0.25) is 0 Å². The molecule has 7 heteroatoms. The van der Waals surface area contributed by atoms with Crippen LogP contribution < -0.4 is 10.2 Å². The summed E-state index contributed by atoms with van der Waals surface area (Å²) < 4.78 is 67.7. The monoisotopic (exact) mass is 306 g/mol. The molecule has 2 unspecified atom stereocenters. The van der Waals surface area contributed by atoms with E-state index in [9.17, 15) is 22.0 Å². The summed E-state index contributed by atoms with van der Waals surface area (Å²) >= 11 is 0. The third-order valence-corrected chi connectivity index (χ3v) is 4.34. The second-order valence-electron chi connectivity index (χ2n) is 5.52. The number of nitrogens with one attached hydrogen (secondary N) is 1. The van der Waals surface area contributed by atoms with Crippen molar-refractivity contribution < 1.29 is 22.0 Å². The summed E-state index contributed by atoms with van der Waals surface area (Å²) in [6.45, 7) is 1.10. The van der Waals surface area contributed by atoms with Gasteiger partial charge in [-0.15, -0.1) is 0 Å². The molecule has 2 aliphatic heterocycles. The molecule has 1 aromatic rings. The van der Waals surface area contributed by atoms with Crippen molar-refractivity contribution in [3.8, 4) is 0 Å². The quantitative estimate of drug-likeness (QED) is 0.513. The van der Waals surface area contributed by atoms with Crippen molar-refractivity contribution in [3.63, 3.8) is 0 Å². The molecule has 116 valence electrons. The zero-order valence-electron chi connectivity index (χ0n) is 11.2. The van der Waals surface area contributed by atoms with E-state index in [-0.39, 0.29) is 12.1 Å². The van der Waals surface area contributed by atoms with Gasteiger partial charge in [0.15, 0.2) is 23.3 Å². The van der Waals surface area contributed by atoms with Gasteiger partial charge in [0.05, 0.1) is 0 Å². The van der Waals surface area contributed by atoms with Crippen LogP contribution in [-0.2, 0) is 0 Å². The molecule has 2 fully saturated rings. The zero-order valence-corrected chi connectivity index (χ0v) is 11.2. The molecule has 1 aromatic carbocycles. The summed E-state index contributed by atoms with van der Waals surface area (Å²) in [7, 11) is 0. The maximum absolute atomic E-state index is 13.9. The zero-order chi connectivity index (χ0) is 15.1. The predicted octanol–water partition coefficient (Wildman–Crippen LogP) is 3.10. The summed E-state index contributed by atoms with van der Waals surface area (Å²) in [5.74, 6) is -9.35. The van der Waals surface area contributed by atoms with Crippen LogP contribution in [0.1, 0.15) is 25.7 Å². The van der Waals surface area contributed by atoms with Gasteiger partial charge in [0.1, 0.15) is 5.69 Å². The molecular formula is C14H15F5N2. The highest BCUT2D eigenvalue weighted by atomic mass is 19.2. The second kappa shape index (κ2) is 5.44. The normalized spacial score (nSPS) is 25.9. The lowest BCUT2D eigenvalue weighted by Gasteiger charge is -2.32. The van der Waals surface area contributed by atoms with E-state index in [2.05, 4.69) is 5.32 Å². The number of nitrogens with zero attached hydrogens (tertiary/aromatic N) is 1. The Labute approximate surface area is 118 Å². The highest BCUT2D eigenvalue weighted by Gasteiger charge is 2.38. The fraction of sp³-hybridized carbons (Fsp3) is 0.571. The summed E-state index contributed by atoms with van der Waals surface area (Å²) in [4.78, 5) is 1.33. The van der Waals surface area contributed by atoms with Crippen LogP contribution in [0, 0.1) is 29.1 Å². The molecule has 2 atom stereocenters. The third-order valence-electron chi connectivity index (χ3n) is 4.34. The van der Waals surface area contributed by atoms with Crippen molar-refractivity contribution in [3.05, 3.63) is 29.1 Å². The minimum absolute atomic E-state index is 0.0301. The Morgan fingerprint density at radius 3 is 2.00 bits per heavy atom. The SMILES string of the molecule is Fc1c(F)c(F)c(N2CCCC2C2CCCN2)c(F)c1F. The molecule has 0 bridgehead atoms. The lowest BCUT2D eigenvalue weighted by Crippen LogP contribution is -2.45. The lowest BCUT2D eigenvalue weighted by molar-refractivity contribution is 0.374. The Morgan fingerprint density at radius 1 is 0.810 bits per heavy atom. The van der Waals surface area contributed by atoms with Crippen molar-refractivity contribution >= 4 is 5.69 Å². The fourth-order valence-electron chi connectivity index (χ4n) is 3.37. The third kappa shape index (κ3) is 2.27. The van der Waals surface area contributed by atoms with E-state index in [1.54, 1.807) is 0 Å². The molecule has 0 spiro atoms. The number of hydrogen-bond acceptors (Lipinski definition) is 2. The van der Waals surface area contributed by atoms with Crippen LogP contribution in [-0.4, -0.2) is 25.2 Å². The first-order chi connectivity index (χ1) is 10.0. The van der Waals surface area contributed by atoms with Gasteiger partial charge in [-0.1, -0.05) is 0 Å². The largest absolute Gasteiger partial charge is 0.362 e. The van der Waals surface area contributed by atoms with Crippen LogP contribution in [0.5, 0.6) is 0 Å². The van der Waals surface area contributed by atoms with E-state index < -0.39 is 34.8 Å². The Hall–Kier alpha value is -1.37. The first kappa shape index (κ1) is 14.6. The molecule has 0 amide bonds. The smallest absolute Gasteiger partial charge is 0.200 e. The summed E-state index contributed by atoms with van der Waals surface area (Å²) in [5.41, 5.74) is -0.789. The Bertz CT molecular complexity index is 528. The Morgan fingerprint density at radius 2 is 1.43 bits per heavy atom. The van der Waals surface area contributed by atoms with Gasteiger partial charge < -0.3 is 10.2 Å². The van der Waals surface area contributed by atoms with Crippen molar-refractivity contribution in [2.24, 2.45) is 0 Å². The van der Waals surface area contributed by atoms with Gasteiger partial charge in [-0.25, -0.2) is 22.0 Å². The van der Waals surface area contributed by atoms with Crippen LogP contribution >= 0.6 is 0 Å². The van der Waals surface area contributed by atoms with Crippen LogP contribution in [0.4, 0.5) is 27.6 Å². The summed E-state index contributed by atoms with van der Waals surface area (Å²) in [6, 6.07) is -0.205. The lowest BCUT2D eigenvalue weighted by atomic mass is 10.0. The standard InChI is InChI=1S/C14H15F5N2/c15-9-10(16)12(18)14(13(19)11(9)17)21-6-2-4-8(21)7-3-1-5-20-7/h7-8,20H,1-6H2. The maximum atomic E-state index is 13.9. The highest BCUT2D eigenvalue weighted by Crippen LogP contribution is 2.36. The van der Waals surface area contributed by atoms with E-state index in [1.165, 1.54) is 4.90 Å². The van der Waals surface area contributed by atoms with Crippen LogP contribution in [0.3, 0.4) is 0 Å². The number of rotatable bonds is 2. The molecule has 0 radical (unpaired) electrons. The summed E-state index contributed by atoms with van der Waals surface area (Å²) in [5, 5.41) is 3.23. The van der Waals surface area contributed by atoms with Gasteiger partial charge in [0, 0.05) is 18.6 Å². The van der Waals surface area contributed by atoms with E-state index in [0.29, 0.717) is 19.4 Å². The molecular weight excluding hydrogens is 291 g/mol.